The summed E-state index contributed by atoms with van der Waals surface area (Å²) in [5, 5.41) is 3.35. The highest BCUT2D eigenvalue weighted by atomic mass is 79.9. The van der Waals surface area contributed by atoms with Crippen molar-refractivity contribution in [2.45, 2.75) is 6.42 Å². The van der Waals surface area contributed by atoms with Gasteiger partial charge in [0.25, 0.3) is 0 Å². The monoisotopic (exact) mass is 405 g/mol. The number of nitrogens with one attached hydrogen (secondary N) is 1. The van der Waals surface area contributed by atoms with Gasteiger partial charge in [-0.05, 0) is 40.0 Å². The molecule has 0 fully saturated rings. The Bertz CT molecular complexity index is 1010. The van der Waals surface area contributed by atoms with E-state index in [-0.39, 0.29) is 11.6 Å². The molecule has 0 spiro atoms. The summed E-state index contributed by atoms with van der Waals surface area (Å²) in [7, 11) is 0. The first-order chi connectivity index (χ1) is 12.7. The van der Waals surface area contributed by atoms with Crippen LogP contribution in [0.1, 0.15) is 37.4 Å². The van der Waals surface area contributed by atoms with Gasteiger partial charge >= 0.3 is 0 Å². The van der Waals surface area contributed by atoms with E-state index in [1.165, 1.54) is 5.56 Å². The Hall–Kier alpha value is -2.72. The molecule has 4 rings (SSSR count). The summed E-state index contributed by atoms with van der Waals surface area (Å²) in [6.45, 7) is 0.669. The van der Waals surface area contributed by atoms with Crippen molar-refractivity contribution in [3.63, 3.8) is 0 Å². The highest BCUT2D eigenvalue weighted by Crippen LogP contribution is 2.36. The number of carbonyl (C=O) groups is 2. The van der Waals surface area contributed by atoms with Crippen LogP contribution in [0.5, 0.6) is 0 Å². The fraction of sp³-hybridized carbons (Fsp3) is 0.0909. The Kier molecular flexibility index (Phi) is 4.43. The molecule has 1 aliphatic rings. The molecular weight excluding hydrogens is 390 g/mol. The van der Waals surface area contributed by atoms with Crippen molar-refractivity contribution in [2.24, 2.45) is 0 Å². The van der Waals surface area contributed by atoms with Crippen LogP contribution in [0.4, 0.5) is 5.69 Å². The van der Waals surface area contributed by atoms with Crippen LogP contribution in [0.25, 0.3) is 0 Å². The van der Waals surface area contributed by atoms with Crippen molar-refractivity contribution >= 4 is 33.2 Å². The van der Waals surface area contributed by atoms with E-state index in [0.29, 0.717) is 34.5 Å². The van der Waals surface area contributed by atoms with E-state index < -0.39 is 0 Å². The van der Waals surface area contributed by atoms with Crippen LogP contribution in [0.2, 0.25) is 0 Å². The van der Waals surface area contributed by atoms with Crippen molar-refractivity contribution in [2.75, 3.05) is 11.9 Å². The Morgan fingerprint density at radius 3 is 2.12 bits per heavy atom. The molecule has 26 heavy (non-hydrogen) atoms. The molecule has 0 amide bonds. The van der Waals surface area contributed by atoms with Crippen LogP contribution < -0.4 is 5.32 Å². The third-order valence-electron chi connectivity index (χ3n) is 4.60. The second-order valence-corrected chi connectivity index (χ2v) is 7.07. The molecule has 1 N–H and O–H groups in total. The van der Waals surface area contributed by atoms with Gasteiger partial charge < -0.3 is 5.32 Å². The fourth-order valence-corrected chi connectivity index (χ4v) is 3.78. The summed E-state index contributed by atoms with van der Waals surface area (Å²) in [5.41, 5.74) is 3.76. The molecule has 128 valence electrons. The van der Waals surface area contributed by atoms with Gasteiger partial charge in [0.2, 0.25) is 0 Å². The van der Waals surface area contributed by atoms with Crippen molar-refractivity contribution < 1.29 is 9.59 Å². The van der Waals surface area contributed by atoms with E-state index in [1.807, 2.05) is 24.3 Å². The maximum absolute atomic E-state index is 13.0. The number of halogens is 1. The number of carbonyl (C=O) groups excluding carboxylic acids is 2. The molecule has 3 aromatic carbocycles. The maximum atomic E-state index is 13.0. The lowest BCUT2D eigenvalue weighted by Gasteiger charge is -2.22. The molecule has 1 aliphatic carbocycles. The van der Waals surface area contributed by atoms with Crippen LogP contribution in [0.15, 0.2) is 71.2 Å². The second kappa shape index (κ2) is 6.89. The second-order valence-electron chi connectivity index (χ2n) is 6.21. The standard InChI is InChI=1S/C22H16BrNO2/c23-18-11-10-17-19(20(18)24-13-12-14-6-2-1-3-7-14)22(26)16-9-5-4-8-15(16)21(17)25/h1-11,24H,12-13H2. The van der Waals surface area contributed by atoms with Crippen LogP contribution >= 0.6 is 15.9 Å². The van der Waals surface area contributed by atoms with Crippen LogP contribution in [0.3, 0.4) is 0 Å². The lowest BCUT2D eigenvalue weighted by molar-refractivity contribution is 0.0979. The smallest absolute Gasteiger partial charge is 0.196 e. The molecular formula is C22H16BrNO2. The van der Waals surface area contributed by atoms with Crippen molar-refractivity contribution in [3.8, 4) is 0 Å². The van der Waals surface area contributed by atoms with Gasteiger partial charge in [0.15, 0.2) is 11.6 Å². The maximum Gasteiger partial charge on any atom is 0.196 e. The van der Waals surface area contributed by atoms with Crippen LogP contribution in [-0.4, -0.2) is 18.1 Å². The number of hydrogen-bond acceptors (Lipinski definition) is 3. The summed E-state index contributed by atoms with van der Waals surface area (Å²) in [5.74, 6) is -0.215. The normalized spacial score (nSPS) is 12.5. The van der Waals surface area contributed by atoms with Gasteiger partial charge in [0, 0.05) is 27.7 Å². The van der Waals surface area contributed by atoms with Gasteiger partial charge in [-0.1, -0.05) is 54.6 Å². The molecule has 4 heteroatoms. The van der Waals surface area contributed by atoms with Gasteiger partial charge in [-0.3, -0.25) is 9.59 Å². The SMILES string of the molecule is O=C1c2ccccc2C(=O)c2c1ccc(Br)c2NCCc1ccccc1. The van der Waals surface area contributed by atoms with E-state index in [2.05, 4.69) is 33.4 Å². The Labute approximate surface area is 160 Å². The average Bonchev–Trinajstić information content (AvgIpc) is 2.68. The first-order valence-electron chi connectivity index (χ1n) is 8.45. The molecule has 0 aromatic heterocycles. The third-order valence-corrected chi connectivity index (χ3v) is 5.26. The quantitative estimate of drug-likeness (QED) is 0.526. The summed E-state index contributed by atoms with van der Waals surface area (Å²) >= 11 is 3.52. The van der Waals surface area contributed by atoms with E-state index in [1.54, 1.807) is 30.3 Å². The summed E-state index contributed by atoms with van der Waals surface area (Å²) in [4.78, 5) is 25.9. The zero-order valence-corrected chi connectivity index (χ0v) is 15.5. The first-order valence-corrected chi connectivity index (χ1v) is 9.25. The minimum absolute atomic E-state index is 0.103. The molecule has 0 unspecified atom stereocenters. The highest BCUT2D eigenvalue weighted by molar-refractivity contribution is 9.10. The number of rotatable bonds is 4. The molecule has 0 radical (unpaired) electrons. The zero-order valence-electron chi connectivity index (χ0n) is 14.0. The number of hydrogen-bond donors (Lipinski definition) is 1. The number of fused-ring (bicyclic) bond motifs is 2. The molecule has 3 aromatic rings. The molecule has 0 heterocycles. The topological polar surface area (TPSA) is 46.2 Å². The summed E-state index contributed by atoms with van der Waals surface area (Å²) in [6, 6.07) is 20.7. The Morgan fingerprint density at radius 2 is 1.38 bits per heavy atom. The molecule has 0 saturated carbocycles. The lowest BCUT2D eigenvalue weighted by Crippen LogP contribution is -2.23. The minimum atomic E-state index is -0.112. The lowest BCUT2D eigenvalue weighted by atomic mass is 9.83. The highest BCUT2D eigenvalue weighted by Gasteiger charge is 2.32. The van der Waals surface area contributed by atoms with E-state index in [0.717, 1.165) is 10.9 Å². The van der Waals surface area contributed by atoms with E-state index in [4.69, 9.17) is 0 Å². The van der Waals surface area contributed by atoms with Gasteiger partial charge in [-0.15, -0.1) is 0 Å². The Morgan fingerprint density at radius 1 is 0.731 bits per heavy atom. The fourth-order valence-electron chi connectivity index (χ4n) is 3.31. The number of anilines is 1. The molecule has 0 saturated heterocycles. The summed E-state index contributed by atoms with van der Waals surface area (Å²) < 4.78 is 0.782. The molecule has 0 atom stereocenters. The average molecular weight is 406 g/mol. The predicted molar refractivity (Wildman–Crippen MR) is 106 cm³/mol. The third kappa shape index (κ3) is 2.86. The van der Waals surface area contributed by atoms with Gasteiger partial charge in [0.1, 0.15) is 0 Å². The number of ketones is 2. The van der Waals surface area contributed by atoms with Gasteiger partial charge in [-0.25, -0.2) is 0 Å². The predicted octanol–water partition coefficient (Wildman–Crippen LogP) is 4.88. The molecule has 3 nitrogen and oxygen atoms in total. The Balaban J connectivity index is 1.69. The van der Waals surface area contributed by atoms with Crippen molar-refractivity contribution in [3.05, 3.63) is 99.0 Å². The number of benzene rings is 3. The largest absolute Gasteiger partial charge is 0.383 e. The van der Waals surface area contributed by atoms with Crippen LogP contribution in [-0.2, 0) is 6.42 Å². The van der Waals surface area contributed by atoms with Crippen molar-refractivity contribution in [1.29, 1.82) is 0 Å². The minimum Gasteiger partial charge on any atom is -0.383 e. The molecule has 0 aliphatic heterocycles. The first kappa shape index (κ1) is 16.7. The van der Waals surface area contributed by atoms with Crippen molar-refractivity contribution in [1.82, 2.24) is 0 Å². The molecule has 0 bridgehead atoms. The van der Waals surface area contributed by atoms with Gasteiger partial charge in [0.05, 0.1) is 11.3 Å². The van der Waals surface area contributed by atoms with E-state index in [9.17, 15) is 9.59 Å². The van der Waals surface area contributed by atoms with E-state index >= 15 is 0 Å². The summed E-state index contributed by atoms with van der Waals surface area (Å²) in [6.07, 6.45) is 0.829. The van der Waals surface area contributed by atoms with Crippen LogP contribution in [0, 0.1) is 0 Å². The van der Waals surface area contributed by atoms with Gasteiger partial charge in [-0.2, -0.15) is 0 Å². The zero-order chi connectivity index (χ0) is 18.1.